The van der Waals surface area contributed by atoms with Crippen LogP contribution < -0.4 is 5.32 Å². The molecule has 1 N–H and O–H groups in total. The van der Waals surface area contributed by atoms with Gasteiger partial charge in [-0.2, -0.15) is 5.10 Å². The average Bonchev–Trinajstić information content (AvgIpc) is 2.84. The topological polar surface area (TPSA) is 42.7 Å². The van der Waals surface area contributed by atoms with Gasteiger partial charge < -0.3 is 5.32 Å². The van der Waals surface area contributed by atoms with E-state index in [0.717, 1.165) is 23.6 Å². The van der Waals surface area contributed by atoms with E-state index in [0.29, 0.717) is 0 Å². The summed E-state index contributed by atoms with van der Waals surface area (Å²) in [5, 5.41) is 9.06. The average molecular weight is 278 g/mol. The minimum Gasteiger partial charge on any atom is -0.377 e. The minimum atomic E-state index is 0.128. The van der Waals surface area contributed by atoms with Crippen LogP contribution in [0.25, 0.3) is 0 Å². The van der Waals surface area contributed by atoms with Gasteiger partial charge in [-0.05, 0) is 13.8 Å². The van der Waals surface area contributed by atoms with Crippen molar-refractivity contribution in [2.45, 2.75) is 46.6 Å². The lowest BCUT2D eigenvalue weighted by Gasteiger charge is -2.13. The van der Waals surface area contributed by atoms with Crippen LogP contribution in [0.5, 0.6) is 0 Å². The summed E-state index contributed by atoms with van der Waals surface area (Å²) in [6.07, 6.45) is 1.97. The zero-order chi connectivity index (χ0) is 14.2. The van der Waals surface area contributed by atoms with Crippen LogP contribution in [0.1, 0.15) is 42.0 Å². The Balaban J connectivity index is 2.09. The summed E-state index contributed by atoms with van der Waals surface area (Å²) < 4.78 is 1.91. The first-order valence-electron chi connectivity index (χ1n) is 6.48. The first-order valence-corrected chi connectivity index (χ1v) is 7.30. The number of nitrogens with zero attached hydrogens (tertiary/aromatic N) is 3. The first kappa shape index (κ1) is 14.1. The highest BCUT2D eigenvalue weighted by Crippen LogP contribution is 2.27. The third-order valence-electron chi connectivity index (χ3n) is 3.14. The normalized spacial score (nSPS) is 11.9. The van der Waals surface area contributed by atoms with Crippen molar-refractivity contribution in [3.8, 4) is 0 Å². The standard InChI is InChI=1S/C14H22N4S/c1-9-12(10(2)18(6)17-9)15-7-11-8-16-13(19-11)14(3,4)5/h8,15H,7H2,1-6H3. The molecule has 0 saturated carbocycles. The van der Waals surface area contributed by atoms with Gasteiger partial charge in [0.05, 0.1) is 28.6 Å². The van der Waals surface area contributed by atoms with Crippen molar-refractivity contribution in [1.29, 1.82) is 0 Å². The Hall–Kier alpha value is -1.36. The highest BCUT2D eigenvalue weighted by molar-refractivity contribution is 7.11. The van der Waals surface area contributed by atoms with Crippen LogP contribution in [0.15, 0.2) is 6.20 Å². The molecule has 0 aromatic carbocycles. The van der Waals surface area contributed by atoms with Gasteiger partial charge in [0.2, 0.25) is 0 Å². The van der Waals surface area contributed by atoms with Crippen molar-refractivity contribution >= 4 is 17.0 Å². The van der Waals surface area contributed by atoms with Crippen molar-refractivity contribution in [2.24, 2.45) is 7.05 Å². The lowest BCUT2D eigenvalue weighted by molar-refractivity contribution is 0.585. The highest BCUT2D eigenvalue weighted by Gasteiger charge is 2.18. The predicted octanol–water partition coefficient (Wildman–Crippen LogP) is 3.40. The van der Waals surface area contributed by atoms with Gasteiger partial charge in [0.25, 0.3) is 0 Å². The summed E-state index contributed by atoms with van der Waals surface area (Å²) in [7, 11) is 1.97. The van der Waals surface area contributed by atoms with Crippen molar-refractivity contribution < 1.29 is 0 Å². The van der Waals surface area contributed by atoms with Crippen LogP contribution in [0.2, 0.25) is 0 Å². The van der Waals surface area contributed by atoms with Crippen LogP contribution in [0, 0.1) is 13.8 Å². The van der Waals surface area contributed by atoms with Gasteiger partial charge in [0, 0.05) is 23.5 Å². The van der Waals surface area contributed by atoms with Gasteiger partial charge in [-0.1, -0.05) is 20.8 Å². The molecule has 104 valence electrons. The maximum absolute atomic E-state index is 4.51. The summed E-state index contributed by atoms with van der Waals surface area (Å²) in [4.78, 5) is 5.76. The number of nitrogens with one attached hydrogen (secondary N) is 1. The molecule has 5 heteroatoms. The van der Waals surface area contributed by atoms with Gasteiger partial charge in [0.15, 0.2) is 0 Å². The Bertz CT molecular complexity index is 575. The Kier molecular flexibility index (Phi) is 3.67. The maximum Gasteiger partial charge on any atom is 0.0981 e. The van der Waals surface area contributed by atoms with E-state index in [2.05, 4.69) is 43.1 Å². The molecule has 0 fully saturated rings. The van der Waals surface area contributed by atoms with Gasteiger partial charge in [-0.25, -0.2) is 4.98 Å². The van der Waals surface area contributed by atoms with Gasteiger partial charge >= 0.3 is 0 Å². The second kappa shape index (κ2) is 4.96. The smallest absolute Gasteiger partial charge is 0.0981 e. The number of aromatic nitrogens is 3. The fourth-order valence-electron chi connectivity index (χ4n) is 1.94. The fourth-order valence-corrected chi connectivity index (χ4v) is 2.85. The van der Waals surface area contributed by atoms with Crippen molar-refractivity contribution in [3.05, 3.63) is 27.5 Å². The summed E-state index contributed by atoms with van der Waals surface area (Å²) >= 11 is 1.78. The summed E-state index contributed by atoms with van der Waals surface area (Å²) in [6.45, 7) is 11.5. The van der Waals surface area contributed by atoms with Crippen molar-refractivity contribution in [3.63, 3.8) is 0 Å². The molecule has 0 spiro atoms. The molecular weight excluding hydrogens is 256 g/mol. The first-order chi connectivity index (χ1) is 8.79. The lowest BCUT2D eigenvalue weighted by atomic mass is 9.98. The Morgan fingerprint density at radius 3 is 2.47 bits per heavy atom. The third-order valence-corrected chi connectivity index (χ3v) is 4.57. The van der Waals surface area contributed by atoms with E-state index in [4.69, 9.17) is 0 Å². The molecule has 0 amide bonds. The Morgan fingerprint density at radius 2 is 2.00 bits per heavy atom. The molecule has 19 heavy (non-hydrogen) atoms. The molecule has 0 saturated heterocycles. The molecule has 0 aliphatic heterocycles. The molecule has 0 bridgehead atoms. The van der Waals surface area contributed by atoms with E-state index in [1.165, 1.54) is 9.88 Å². The Labute approximate surface area is 118 Å². The van der Waals surface area contributed by atoms with Gasteiger partial charge in [-0.15, -0.1) is 11.3 Å². The minimum absolute atomic E-state index is 0.128. The number of thiazole rings is 1. The molecule has 0 unspecified atom stereocenters. The molecule has 2 aromatic heterocycles. The van der Waals surface area contributed by atoms with Crippen LogP contribution in [0.4, 0.5) is 5.69 Å². The van der Waals surface area contributed by atoms with E-state index in [1.807, 2.05) is 24.9 Å². The van der Waals surface area contributed by atoms with Crippen LogP contribution in [-0.2, 0) is 19.0 Å². The summed E-state index contributed by atoms with van der Waals surface area (Å²) in [5.74, 6) is 0. The molecule has 2 aromatic rings. The van der Waals surface area contributed by atoms with Crippen molar-refractivity contribution in [2.75, 3.05) is 5.32 Å². The molecule has 0 radical (unpaired) electrons. The summed E-state index contributed by atoms with van der Waals surface area (Å²) in [6, 6.07) is 0. The highest BCUT2D eigenvalue weighted by atomic mass is 32.1. The quantitative estimate of drug-likeness (QED) is 0.935. The van der Waals surface area contributed by atoms with E-state index >= 15 is 0 Å². The zero-order valence-corrected chi connectivity index (χ0v) is 13.4. The number of anilines is 1. The third kappa shape index (κ3) is 2.97. The van der Waals surface area contributed by atoms with E-state index < -0.39 is 0 Å². The van der Waals surface area contributed by atoms with Crippen LogP contribution in [0.3, 0.4) is 0 Å². The molecule has 2 rings (SSSR count). The van der Waals surface area contributed by atoms with E-state index in [9.17, 15) is 0 Å². The number of hydrogen-bond donors (Lipinski definition) is 1. The van der Waals surface area contributed by atoms with Crippen LogP contribution >= 0.6 is 11.3 Å². The Morgan fingerprint density at radius 1 is 1.32 bits per heavy atom. The predicted molar refractivity (Wildman–Crippen MR) is 80.8 cm³/mol. The monoisotopic (exact) mass is 278 g/mol. The zero-order valence-electron chi connectivity index (χ0n) is 12.5. The van der Waals surface area contributed by atoms with E-state index in [-0.39, 0.29) is 5.41 Å². The molecule has 4 nitrogen and oxygen atoms in total. The lowest BCUT2D eigenvalue weighted by Crippen LogP contribution is -2.09. The SMILES string of the molecule is Cc1nn(C)c(C)c1NCc1cnc(C(C)(C)C)s1. The molecule has 2 heterocycles. The molecule has 0 atom stereocenters. The van der Waals surface area contributed by atoms with Gasteiger partial charge in [-0.3, -0.25) is 4.68 Å². The molecule has 0 aliphatic carbocycles. The second-order valence-electron chi connectivity index (χ2n) is 5.90. The fraction of sp³-hybridized carbons (Fsp3) is 0.571. The number of rotatable bonds is 3. The van der Waals surface area contributed by atoms with Crippen molar-refractivity contribution in [1.82, 2.24) is 14.8 Å². The van der Waals surface area contributed by atoms with E-state index in [1.54, 1.807) is 11.3 Å². The summed E-state index contributed by atoms with van der Waals surface area (Å²) in [5.41, 5.74) is 3.47. The molecule has 0 aliphatic rings. The molecular formula is C14H22N4S. The number of aryl methyl sites for hydroxylation is 2. The maximum atomic E-state index is 4.51. The largest absolute Gasteiger partial charge is 0.377 e. The second-order valence-corrected chi connectivity index (χ2v) is 7.02. The number of hydrogen-bond acceptors (Lipinski definition) is 4. The van der Waals surface area contributed by atoms with Crippen LogP contribution in [-0.4, -0.2) is 14.8 Å². The van der Waals surface area contributed by atoms with Gasteiger partial charge in [0.1, 0.15) is 0 Å².